The van der Waals surface area contributed by atoms with E-state index in [1.54, 1.807) is 11.3 Å². The van der Waals surface area contributed by atoms with Crippen molar-refractivity contribution in [2.24, 2.45) is 5.92 Å². The highest BCUT2D eigenvalue weighted by atomic mass is 32.1. The number of aromatic nitrogens is 1. The largest absolute Gasteiger partial charge is 0.496 e. The van der Waals surface area contributed by atoms with E-state index in [0.29, 0.717) is 17.9 Å². The number of ether oxygens (including phenoxy) is 1. The van der Waals surface area contributed by atoms with Gasteiger partial charge in [0.15, 0.2) is 5.78 Å². The third-order valence-corrected chi connectivity index (χ3v) is 5.25. The second-order valence-electron chi connectivity index (χ2n) is 6.13. The number of benzene rings is 1. The lowest BCUT2D eigenvalue weighted by atomic mass is 9.89. The van der Waals surface area contributed by atoms with Crippen LogP contribution >= 0.6 is 11.3 Å². The Balaban J connectivity index is 1.72. The highest BCUT2D eigenvalue weighted by Crippen LogP contribution is 2.28. The fourth-order valence-corrected chi connectivity index (χ4v) is 4.04. The van der Waals surface area contributed by atoms with E-state index in [1.807, 2.05) is 13.1 Å². The van der Waals surface area contributed by atoms with Crippen LogP contribution < -0.4 is 4.74 Å². The molecule has 1 aliphatic heterocycles. The van der Waals surface area contributed by atoms with Crippen molar-refractivity contribution < 1.29 is 13.9 Å². The Bertz CT molecular complexity index is 732. The predicted molar refractivity (Wildman–Crippen MR) is 92.1 cm³/mol. The van der Waals surface area contributed by atoms with Crippen LogP contribution in [0.1, 0.15) is 33.1 Å². The van der Waals surface area contributed by atoms with Crippen LogP contribution in [0, 0.1) is 18.7 Å². The normalized spacial score (nSPS) is 18.5. The average molecular weight is 348 g/mol. The monoisotopic (exact) mass is 348 g/mol. The number of thiazole rings is 1. The SMILES string of the molecule is COc1ccc(F)cc1C(=O)[C@H]1CCCN(Cc2cnc(C)s2)C1. The molecule has 0 radical (unpaired) electrons. The summed E-state index contributed by atoms with van der Waals surface area (Å²) >= 11 is 1.69. The Morgan fingerprint density at radius 1 is 1.50 bits per heavy atom. The number of hydrogen-bond acceptors (Lipinski definition) is 5. The van der Waals surface area contributed by atoms with Crippen LogP contribution in [0.4, 0.5) is 4.39 Å². The topological polar surface area (TPSA) is 42.4 Å². The van der Waals surface area contributed by atoms with E-state index in [-0.39, 0.29) is 11.7 Å². The molecule has 1 aliphatic rings. The number of rotatable bonds is 5. The third-order valence-electron chi connectivity index (χ3n) is 4.35. The van der Waals surface area contributed by atoms with Crippen LogP contribution in [-0.4, -0.2) is 35.9 Å². The molecule has 24 heavy (non-hydrogen) atoms. The van der Waals surface area contributed by atoms with E-state index in [0.717, 1.165) is 30.9 Å². The number of halogens is 1. The van der Waals surface area contributed by atoms with Gasteiger partial charge in [-0.05, 0) is 44.5 Å². The summed E-state index contributed by atoms with van der Waals surface area (Å²) < 4.78 is 18.8. The van der Waals surface area contributed by atoms with Gasteiger partial charge in [0, 0.05) is 30.1 Å². The summed E-state index contributed by atoms with van der Waals surface area (Å²) in [6.07, 6.45) is 3.70. The Hall–Kier alpha value is -1.79. The highest BCUT2D eigenvalue weighted by Gasteiger charge is 2.28. The molecule has 0 saturated carbocycles. The molecule has 0 bridgehead atoms. The number of carbonyl (C=O) groups is 1. The molecule has 2 heterocycles. The second kappa shape index (κ2) is 7.40. The van der Waals surface area contributed by atoms with E-state index in [2.05, 4.69) is 9.88 Å². The molecule has 2 aromatic rings. The summed E-state index contributed by atoms with van der Waals surface area (Å²) in [7, 11) is 1.50. The average Bonchev–Trinajstić information content (AvgIpc) is 2.99. The number of methoxy groups -OCH3 is 1. The molecule has 1 atom stereocenters. The van der Waals surface area contributed by atoms with Crippen molar-refractivity contribution in [2.45, 2.75) is 26.3 Å². The standard InChI is InChI=1S/C18H21FN2O2S/c1-12-20-9-15(24-12)11-21-7-3-4-13(10-21)18(22)16-8-14(19)5-6-17(16)23-2/h5-6,8-9,13H,3-4,7,10-11H2,1-2H3/t13-/m0/s1. The van der Waals surface area contributed by atoms with Crippen molar-refractivity contribution in [3.8, 4) is 5.75 Å². The number of piperidine rings is 1. The van der Waals surface area contributed by atoms with Gasteiger partial charge in [0.1, 0.15) is 11.6 Å². The number of aryl methyl sites for hydroxylation is 1. The smallest absolute Gasteiger partial charge is 0.171 e. The van der Waals surface area contributed by atoms with Crippen LogP contribution in [0.2, 0.25) is 0 Å². The number of ketones is 1. The zero-order chi connectivity index (χ0) is 17.1. The molecule has 0 amide bonds. The summed E-state index contributed by atoms with van der Waals surface area (Å²) in [5.74, 6) is -0.122. The van der Waals surface area contributed by atoms with Gasteiger partial charge in [-0.25, -0.2) is 9.37 Å². The second-order valence-corrected chi connectivity index (χ2v) is 7.45. The van der Waals surface area contributed by atoms with Gasteiger partial charge >= 0.3 is 0 Å². The summed E-state index contributed by atoms with van der Waals surface area (Å²) in [6.45, 7) is 4.47. The molecule has 0 spiro atoms. The molecule has 6 heteroatoms. The summed E-state index contributed by atoms with van der Waals surface area (Å²) in [5, 5.41) is 1.05. The molecule has 1 aromatic carbocycles. The fourth-order valence-electron chi connectivity index (χ4n) is 3.20. The zero-order valence-corrected chi connectivity index (χ0v) is 14.7. The minimum atomic E-state index is -0.410. The Kier molecular flexibility index (Phi) is 5.26. The van der Waals surface area contributed by atoms with Crippen molar-refractivity contribution in [1.82, 2.24) is 9.88 Å². The van der Waals surface area contributed by atoms with Gasteiger partial charge < -0.3 is 4.74 Å². The van der Waals surface area contributed by atoms with Gasteiger partial charge in [0.2, 0.25) is 0 Å². The number of carbonyl (C=O) groups excluding carboxylic acids is 1. The van der Waals surface area contributed by atoms with Crippen LogP contribution in [0.15, 0.2) is 24.4 Å². The third kappa shape index (κ3) is 3.82. The first-order valence-electron chi connectivity index (χ1n) is 8.08. The van der Waals surface area contributed by atoms with Crippen molar-refractivity contribution >= 4 is 17.1 Å². The number of nitrogens with zero attached hydrogens (tertiary/aromatic N) is 2. The van der Waals surface area contributed by atoms with Crippen molar-refractivity contribution in [3.63, 3.8) is 0 Å². The van der Waals surface area contributed by atoms with Gasteiger partial charge in [-0.2, -0.15) is 0 Å². The highest BCUT2D eigenvalue weighted by molar-refractivity contribution is 7.11. The van der Waals surface area contributed by atoms with Gasteiger partial charge in [-0.3, -0.25) is 9.69 Å². The molecule has 3 rings (SSSR count). The maximum atomic E-state index is 13.6. The van der Waals surface area contributed by atoms with Gasteiger partial charge in [0.05, 0.1) is 17.7 Å². The van der Waals surface area contributed by atoms with Crippen LogP contribution in [0.5, 0.6) is 5.75 Å². The van der Waals surface area contributed by atoms with Crippen molar-refractivity contribution in [1.29, 1.82) is 0 Å². The van der Waals surface area contributed by atoms with E-state index in [9.17, 15) is 9.18 Å². The molecular formula is C18H21FN2O2S. The molecule has 128 valence electrons. The van der Waals surface area contributed by atoms with E-state index >= 15 is 0 Å². The molecular weight excluding hydrogens is 327 g/mol. The maximum absolute atomic E-state index is 13.6. The maximum Gasteiger partial charge on any atom is 0.171 e. The minimum Gasteiger partial charge on any atom is -0.496 e. The lowest BCUT2D eigenvalue weighted by Crippen LogP contribution is -2.38. The molecule has 0 N–H and O–H groups in total. The predicted octanol–water partition coefficient (Wildman–Crippen LogP) is 3.69. The summed E-state index contributed by atoms with van der Waals surface area (Å²) in [4.78, 5) is 20.6. The van der Waals surface area contributed by atoms with E-state index in [1.165, 1.54) is 30.2 Å². The number of hydrogen-bond donors (Lipinski definition) is 0. The van der Waals surface area contributed by atoms with Crippen LogP contribution in [-0.2, 0) is 6.54 Å². The molecule has 0 aliphatic carbocycles. The van der Waals surface area contributed by atoms with Crippen molar-refractivity contribution in [3.05, 3.63) is 45.7 Å². The van der Waals surface area contributed by atoms with E-state index in [4.69, 9.17) is 4.74 Å². The zero-order valence-electron chi connectivity index (χ0n) is 13.9. The molecule has 4 nitrogen and oxygen atoms in total. The number of likely N-dealkylation sites (tertiary alicyclic amines) is 1. The van der Waals surface area contributed by atoms with Crippen LogP contribution in [0.25, 0.3) is 0 Å². The lowest BCUT2D eigenvalue weighted by molar-refractivity contribution is 0.0809. The lowest BCUT2D eigenvalue weighted by Gasteiger charge is -2.31. The molecule has 1 fully saturated rings. The summed E-state index contributed by atoms with van der Waals surface area (Å²) in [6, 6.07) is 4.12. The first-order valence-corrected chi connectivity index (χ1v) is 8.90. The van der Waals surface area contributed by atoms with Gasteiger partial charge in [-0.15, -0.1) is 11.3 Å². The molecule has 1 saturated heterocycles. The Morgan fingerprint density at radius 2 is 2.33 bits per heavy atom. The van der Waals surface area contributed by atoms with Gasteiger partial charge in [0.25, 0.3) is 0 Å². The van der Waals surface area contributed by atoms with Crippen molar-refractivity contribution in [2.75, 3.05) is 20.2 Å². The fraction of sp³-hybridized carbons (Fsp3) is 0.444. The number of Topliss-reactive ketones (excluding diaryl/α,β-unsaturated/α-hetero) is 1. The van der Waals surface area contributed by atoms with Gasteiger partial charge in [-0.1, -0.05) is 0 Å². The minimum absolute atomic E-state index is 0.0310. The van der Waals surface area contributed by atoms with E-state index < -0.39 is 5.82 Å². The molecule has 1 aromatic heterocycles. The van der Waals surface area contributed by atoms with Crippen LogP contribution in [0.3, 0.4) is 0 Å². The summed E-state index contributed by atoms with van der Waals surface area (Å²) in [5.41, 5.74) is 0.345. The Labute approximate surface area is 145 Å². The quantitative estimate of drug-likeness (QED) is 0.773. The molecule has 0 unspecified atom stereocenters. The first kappa shape index (κ1) is 17.0. The Morgan fingerprint density at radius 3 is 3.04 bits per heavy atom. The first-order chi connectivity index (χ1) is 11.6.